The van der Waals surface area contributed by atoms with E-state index in [2.05, 4.69) is 4.36 Å². The van der Waals surface area contributed by atoms with Gasteiger partial charge in [-0.15, -0.1) is 0 Å². The topological polar surface area (TPSA) is 47.9 Å². The first-order chi connectivity index (χ1) is 7.54. The molecule has 1 heterocycles. The molecule has 2 rings (SSSR count). The summed E-state index contributed by atoms with van der Waals surface area (Å²) in [6, 6.07) is 5.15. The van der Waals surface area contributed by atoms with Crippen LogP contribution in [-0.2, 0) is 16.9 Å². The van der Waals surface area contributed by atoms with Crippen LogP contribution in [0.4, 0.5) is 7.77 Å². The first-order valence-electron chi connectivity index (χ1n) is 4.55. The zero-order chi connectivity index (χ0) is 11.6. The molecule has 0 aliphatic carbocycles. The molecule has 0 saturated heterocycles. The highest BCUT2D eigenvalue weighted by atomic mass is 32.3. The van der Waals surface area contributed by atoms with Crippen LogP contribution in [0, 0.1) is 0 Å². The highest BCUT2D eigenvalue weighted by Crippen LogP contribution is 2.32. The molecule has 1 aliphatic rings. The molecule has 0 fully saturated rings. The second kappa shape index (κ2) is 4.25. The lowest BCUT2D eigenvalue weighted by atomic mass is 10.1. The number of halogens is 2. The van der Waals surface area contributed by atoms with Gasteiger partial charge in [0.2, 0.25) is 6.79 Å². The average Bonchev–Trinajstić information content (AvgIpc) is 2.62. The van der Waals surface area contributed by atoms with Crippen LogP contribution in [0.5, 0.6) is 11.5 Å². The van der Waals surface area contributed by atoms with Gasteiger partial charge in [-0.3, -0.25) is 0 Å². The molecule has 1 aromatic carbocycles. The Bertz CT molecular complexity index is 503. The number of nitrogens with zero attached hydrogens (tertiary/aromatic N) is 1. The third-order valence-corrected chi connectivity index (χ3v) is 2.56. The predicted molar refractivity (Wildman–Crippen MR) is 53.9 cm³/mol. The van der Waals surface area contributed by atoms with E-state index >= 15 is 0 Å². The van der Waals surface area contributed by atoms with E-state index in [1.165, 1.54) is 0 Å². The van der Waals surface area contributed by atoms with Crippen LogP contribution < -0.4 is 9.47 Å². The third-order valence-electron chi connectivity index (χ3n) is 2.08. The van der Waals surface area contributed by atoms with Gasteiger partial charge in [-0.05, 0) is 24.1 Å². The summed E-state index contributed by atoms with van der Waals surface area (Å²) in [4.78, 5) is 0. The zero-order valence-corrected chi connectivity index (χ0v) is 9.01. The Labute approximate surface area is 91.9 Å². The van der Waals surface area contributed by atoms with Crippen molar-refractivity contribution >= 4 is 10.5 Å². The van der Waals surface area contributed by atoms with E-state index in [0.29, 0.717) is 17.9 Å². The monoisotopic (exact) mass is 249 g/mol. The number of rotatable bonds is 3. The maximum Gasteiger partial charge on any atom is 0.366 e. The smallest absolute Gasteiger partial charge is 0.366 e. The summed E-state index contributed by atoms with van der Waals surface area (Å²) >= 11 is 0. The molecule has 1 aromatic rings. The quantitative estimate of drug-likeness (QED) is 0.771. The maximum atomic E-state index is 12.0. The van der Waals surface area contributed by atoms with E-state index < -0.39 is 10.5 Å². The van der Waals surface area contributed by atoms with Gasteiger partial charge in [-0.2, -0.15) is 8.57 Å². The van der Waals surface area contributed by atoms with Gasteiger partial charge in [0.1, 0.15) is 0 Å². The van der Waals surface area contributed by atoms with Crippen LogP contribution in [0.25, 0.3) is 0 Å². The fraction of sp³-hybridized carbons (Fsp3) is 0.333. The van der Waals surface area contributed by atoms with Gasteiger partial charge in [0.25, 0.3) is 0 Å². The van der Waals surface area contributed by atoms with Gasteiger partial charge < -0.3 is 9.47 Å². The van der Waals surface area contributed by atoms with Crippen molar-refractivity contribution in [2.75, 3.05) is 13.3 Å². The first-order valence-corrected chi connectivity index (χ1v) is 5.87. The molecule has 0 atom stereocenters. The lowest BCUT2D eigenvalue weighted by molar-refractivity contribution is 0.174. The average molecular weight is 249 g/mol. The van der Waals surface area contributed by atoms with E-state index in [1.807, 2.05) is 0 Å². The molecule has 88 valence electrons. The molecule has 1 aliphatic heterocycles. The fourth-order valence-corrected chi connectivity index (χ4v) is 1.68. The normalized spacial score (nSPS) is 13.9. The second-order valence-electron chi connectivity index (χ2n) is 3.19. The molecule has 0 amide bonds. The van der Waals surface area contributed by atoms with Crippen LogP contribution >= 0.6 is 0 Å². The summed E-state index contributed by atoms with van der Waals surface area (Å²) in [5.41, 5.74) is 0.789. The summed E-state index contributed by atoms with van der Waals surface area (Å²) in [6.45, 7) is -0.00256. The second-order valence-corrected chi connectivity index (χ2v) is 4.24. The van der Waals surface area contributed by atoms with Crippen molar-refractivity contribution in [3.8, 4) is 11.5 Å². The SMILES string of the molecule is O=S(F)(F)=NCCc1ccc2c(c1)OCO2. The third kappa shape index (κ3) is 2.82. The lowest BCUT2D eigenvalue weighted by Gasteiger charge is -2.00. The molecule has 7 heteroatoms. The molecule has 0 aromatic heterocycles. The number of hydrogen-bond donors (Lipinski definition) is 0. The van der Waals surface area contributed by atoms with Crippen LogP contribution in [0.2, 0.25) is 0 Å². The lowest BCUT2D eigenvalue weighted by Crippen LogP contribution is -1.93. The predicted octanol–water partition coefficient (Wildman–Crippen LogP) is 2.19. The molecule has 0 unspecified atom stereocenters. The molecule has 0 radical (unpaired) electrons. The molecule has 0 saturated carbocycles. The molecule has 16 heavy (non-hydrogen) atoms. The van der Waals surface area contributed by atoms with E-state index in [4.69, 9.17) is 9.47 Å². The molecule has 4 nitrogen and oxygen atoms in total. The minimum atomic E-state index is -4.99. The summed E-state index contributed by atoms with van der Waals surface area (Å²) in [5.74, 6) is 1.24. The van der Waals surface area contributed by atoms with Crippen molar-refractivity contribution in [1.82, 2.24) is 0 Å². The Balaban J connectivity index is 2.04. The zero-order valence-electron chi connectivity index (χ0n) is 8.19. The molecule has 0 N–H and O–H groups in total. The van der Waals surface area contributed by atoms with Gasteiger partial charge in [0.15, 0.2) is 11.5 Å². The van der Waals surface area contributed by atoms with Crippen LogP contribution in [0.3, 0.4) is 0 Å². The maximum absolute atomic E-state index is 12.0. The van der Waals surface area contributed by atoms with E-state index in [1.54, 1.807) is 18.2 Å². The Hall–Kier alpha value is -1.37. The minimum Gasteiger partial charge on any atom is -0.454 e. The Morgan fingerprint density at radius 1 is 1.31 bits per heavy atom. The van der Waals surface area contributed by atoms with Crippen molar-refractivity contribution in [2.45, 2.75) is 6.42 Å². The standard InChI is InChI=1S/C9H9F2NO3S/c10-16(11,13)12-4-3-7-1-2-8-9(5-7)15-6-14-8/h1-2,5H,3-4,6H2. The van der Waals surface area contributed by atoms with Crippen molar-refractivity contribution in [1.29, 1.82) is 0 Å². The van der Waals surface area contributed by atoms with Gasteiger partial charge in [0, 0.05) is 0 Å². The summed E-state index contributed by atoms with van der Waals surface area (Å²) < 4.78 is 46.9. The van der Waals surface area contributed by atoms with Crippen molar-refractivity contribution < 1.29 is 21.5 Å². The number of hydrogen-bond acceptors (Lipinski definition) is 4. The van der Waals surface area contributed by atoms with Crippen molar-refractivity contribution in [2.24, 2.45) is 4.36 Å². The van der Waals surface area contributed by atoms with E-state index in [-0.39, 0.29) is 13.3 Å². The Kier molecular flexibility index (Phi) is 2.95. The van der Waals surface area contributed by atoms with E-state index in [9.17, 15) is 12.0 Å². The largest absolute Gasteiger partial charge is 0.454 e. The number of fused-ring (bicyclic) bond motifs is 1. The van der Waals surface area contributed by atoms with Gasteiger partial charge in [0.05, 0.1) is 6.54 Å². The number of ether oxygens (including phenoxy) is 2. The minimum absolute atomic E-state index is 0.173. The van der Waals surface area contributed by atoms with Crippen molar-refractivity contribution in [3.05, 3.63) is 23.8 Å². The van der Waals surface area contributed by atoms with Gasteiger partial charge >= 0.3 is 10.5 Å². The Morgan fingerprint density at radius 3 is 2.81 bits per heavy atom. The van der Waals surface area contributed by atoms with Gasteiger partial charge in [-0.25, -0.2) is 0 Å². The Morgan fingerprint density at radius 2 is 2.06 bits per heavy atom. The number of benzene rings is 1. The van der Waals surface area contributed by atoms with E-state index in [0.717, 1.165) is 5.56 Å². The molecular weight excluding hydrogens is 240 g/mol. The van der Waals surface area contributed by atoms with Crippen LogP contribution in [0.1, 0.15) is 5.56 Å². The van der Waals surface area contributed by atoms with Crippen LogP contribution in [0.15, 0.2) is 22.6 Å². The van der Waals surface area contributed by atoms with Crippen LogP contribution in [-0.4, -0.2) is 17.5 Å². The van der Waals surface area contributed by atoms with Gasteiger partial charge in [-0.1, -0.05) is 13.8 Å². The highest BCUT2D eigenvalue weighted by Gasteiger charge is 2.12. The summed E-state index contributed by atoms with van der Waals surface area (Å²) in [7, 11) is -4.99. The summed E-state index contributed by atoms with van der Waals surface area (Å²) in [6.07, 6.45) is 0.293. The van der Waals surface area contributed by atoms with Crippen molar-refractivity contribution in [3.63, 3.8) is 0 Å². The molecule has 0 bridgehead atoms. The summed E-state index contributed by atoms with van der Waals surface area (Å²) in [5, 5.41) is 0. The highest BCUT2D eigenvalue weighted by molar-refractivity contribution is 7.83. The molecule has 0 spiro atoms. The first kappa shape index (κ1) is 11.1. The molecular formula is C9H9F2NO3S. The fourth-order valence-electron chi connectivity index (χ4n) is 1.38.